The Morgan fingerprint density at radius 1 is 1.14 bits per heavy atom. The summed E-state index contributed by atoms with van der Waals surface area (Å²) in [6.45, 7) is 4.39. The average molecular weight is 518 g/mol. The minimum absolute atomic E-state index is 0.0174. The number of hydrogen-bond donors (Lipinski definition) is 1. The van der Waals surface area contributed by atoms with Crippen molar-refractivity contribution in [3.63, 3.8) is 0 Å². The van der Waals surface area contributed by atoms with Gasteiger partial charge in [-0.1, -0.05) is 30.9 Å². The van der Waals surface area contributed by atoms with Gasteiger partial charge in [-0.2, -0.15) is 0 Å². The van der Waals surface area contributed by atoms with Crippen LogP contribution < -0.4 is 5.32 Å². The number of halogens is 2. The van der Waals surface area contributed by atoms with Gasteiger partial charge in [0.15, 0.2) is 11.6 Å². The van der Waals surface area contributed by atoms with Crippen LogP contribution in [0.1, 0.15) is 75.6 Å². The Labute approximate surface area is 217 Å². The number of carbonyl (C=O) groups excluding carboxylic acids is 3. The summed E-state index contributed by atoms with van der Waals surface area (Å²) in [6.07, 6.45) is 9.02. The summed E-state index contributed by atoms with van der Waals surface area (Å²) in [5, 5.41) is 3.23. The lowest BCUT2D eigenvalue weighted by Gasteiger charge is -2.35. The maximum Gasteiger partial charge on any atom is 0.226 e. The van der Waals surface area contributed by atoms with Crippen molar-refractivity contribution in [1.29, 1.82) is 0 Å². The lowest BCUT2D eigenvalue weighted by Crippen LogP contribution is -2.45. The molecule has 0 radical (unpaired) electrons. The van der Waals surface area contributed by atoms with E-state index in [-0.39, 0.29) is 58.2 Å². The number of fused-ring (bicyclic) bond motifs is 1. The summed E-state index contributed by atoms with van der Waals surface area (Å²) in [7, 11) is 1.77. The molecule has 2 aromatic rings. The molecule has 196 valence electrons. The molecule has 0 spiro atoms. The van der Waals surface area contributed by atoms with Crippen LogP contribution in [0, 0.1) is 17.7 Å². The summed E-state index contributed by atoms with van der Waals surface area (Å²) >= 11 is 6.01. The van der Waals surface area contributed by atoms with Gasteiger partial charge in [0.1, 0.15) is 5.78 Å². The SMILES string of the molecule is CNC(C)C(=O)CC(C(=O)N1CCCC1Cn1cc(C(C)=O)c2c(F)c(Cl)ccc21)C1CCCCC1. The second-order valence-corrected chi connectivity index (χ2v) is 10.9. The monoisotopic (exact) mass is 517 g/mol. The van der Waals surface area contributed by atoms with Gasteiger partial charge in [-0.25, -0.2) is 4.39 Å². The first-order valence-electron chi connectivity index (χ1n) is 13.2. The third-order valence-electron chi connectivity index (χ3n) is 8.26. The molecule has 3 unspecified atom stereocenters. The highest BCUT2D eigenvalue weighted by atomic mass is 35.5. The largest absolute Gasteiger partial charge is 0.345 e. The molecule has 2 fully saturated rings. The van der Waals surface area contributed by atoms with Crippen LogP contribution in [-0.2, 0) is 16.1 Å². The van der Waals surface area contributed by atoms with Crippen LogP contribution in [0.25, 0.3) is 10.9 Å². The molecule has 1 aromatic heterocycles. The van der Waals surface area contributed by atoms with E-state index in [1.54, 1.807) is 19.3 Å². The van der Waals surface area contributed by atoms with Crippen molar-refractivity contribution in [2.75, 3.05) is 13.6 Å². The van der Waals surface area contributed by atoms with E-state index in [9.17, 15) is 18.8 Å². The molecule has 1 aromatic carbocycles. The smallest absolute Gasteiger partial charge is 0.226 e. The Kier molecular flexibility index (Phi) is 8.51. The van der Waals surface area contributed by atoms with Crippen LogP contribution in [-0.4, -0.2) is 52.6 Å². The Bertz CT molecular complexity index is 1140. The highest BCUT2D eigenvalue weighted by Crippen LogP contribution is 2.36. The van der Waals surface area contributed by atoms with Crippen molar-refractivity contribution >= 4 is 40.0 Å². The van der Waals surface area contributed by atoms with Gasteiger partial charge in [0.25, 0.3) is 0 Å². The first kappa shape index (κ1) is 26.8. The molecule has 36 heavy (non-hydrogen) atoms. The molecule has 0 bridgehead atoms. The fourth-order valence-corrected chi connectivity index (χ4v) is 6.20. The molecular formula is C28H37ClFN3O3. The number of Topliss-reactive ketones (excluding diaryl/α,β-unsaturated/α-hetero) is 2. The first-order chi connectivity index (χ1) is 17.2. The molecule has 4 rings (SSSR count). The second kappa shape index (κ2) is 11.4. The standard InChI is InChI=1S/C28H37ClFN3O3/c1-17(31-3)25(35)14-21(19-8-5-4-6-9-19)28(36)33-13-7-10-20(33)15-32-16-22(18(2)34)26-24(32)12-11-23(29)27(26)30/h11-12,16-17,19-21,31H,4-10,13-15H2,1-3H3. The molecule has 6 nitrogen and oxygen atoms in total. The molecule has 2 heterocycles. The molecule has 2 aliphatic rings. The summed E-state index contributed by atoms with van der Waals surface area (Å²) < 4.78 is 16.8. The van der Waals surface area contributed by atoms with E-state index >= 15 is 0 Å². The zero-order valence-electron chi connectivity index (χ0n) is 21.5. The summed E-state index contributed by atoms with van der Waals surface area (Å²) in [4.78, 5) is 41.1. The number of aromatic nitrogens is 1. The third kappa shape index (κ3) is 5.37. The van der Waals surface area contributed by atoms with Crippen LogP contribution >= 0.6 is 11.6 Å². The average Bonchev–Trinajstić information content (AvgIpc) is 3.49. The van der Waals surface area contributed by atoms with Crippen molar-refractivity contribution in [2.24, 2.45) is 11.8 Å². The van der Waals surface area contributed by atoms with Crippen molar-refractivity contribution in [3.8, 4) is 0 Å². The quantitative estimate of drug-likeness (QED) is 0.453. The topological polar surface area (TPSA) is 71.4 Å². The molecule has 1 saturated carbocycles. The molecule has 1 aliphatic heterocycles. The van der Waals surface area contributed by atoms with Crippen LogP contribution in [0.4, 0.5) is 4.39 Å². The number of nitrogens with one attached hydrogen (secondary N) is 1. The second-order valence-electron chi connectivity index (χ2n) is 10.5. The molecule has 3 atom stereocenters. The molecular weight excluding hydrogens is 481 g/mol. The summed E-state index contributed by atoms with van der Waals surface area (Å²) in [6, 6.07) is 2.88. The summed E-state index contributed by atoms with van der Waals surface area (Å²) in [5.74, 6) is -0.750. The molecule has 1 saturated heterocycles. The number of hydrogen-bond acceptors (Lipinski definition) is 4. The van der Waals surface area contributed by atoms with E-state index in [1.165, 1.54) is 19.4 Å². The number of benzene rings is 1. The first-order valence-corrected chi connectivity index (χ1v) is 13.6. The number of ketones is 2. The van der Waals surface area contributed by atoms with Crippen LogP contribution in [0.2, 0.25) is 5.02 Å². The molecule has 1 N–H and O–H groups in total. The Balaban J connectivity index is 1.61. The fourth-order valence-electron chi connectivity index (χ4n) is 6.05. The zero-order chi connectivity index (χ0) is 26.0. The van der Waals surface area contributed by atoms with Crippen LogP contribution in [0.5, 0.6) is 0 Å². The van der Waals surface area contributed by atoms with Crippen molar-refractivity contribution in [2.45, 2.75) is 83.8 Å². The third-order valence-corrected chi connectivity index (χ3v) is 8.55. The minimum Gasteiger partial charge on any atom is -0.345 e. The number of rotatable bonds is 9. The fraction of sp³-hybridized carbons (Fsp3) is 0.607. The van der Waals surface area contributed by atoms with Gasteiger partial charge >= 0.3 is 0 Å². The Morgan fingerprint density at radius 2 is 1.86 bits per heavy atom. The lowest BCUT2D eigenvalue weighted by molar-refractivity contribution is -0.141. The van der Waals surface area contributed by atoms with Crippen molar-refractivity contribution in [3.05, 3.63) is 34.7 Å². The highest BCUT2D eigenvalue weighted by molar-refractivity contribution is 6.31. The van der Waals surface area contributed by atoms with E-state index in [2.05, 4.69) is 5.32 Å². The molecule has 1 amide bonds. The van der Waals surface area contributed by atoms with Gasteiger partial charge < -0.3 is 14.8 Å². The normalized spacial score (nSPS) is 20.6. The number of likely N-dealkylation sites (tertiary alicyclic amines) is 1. The number of likely N-dealkylation sites (N-methyl/N-ethyl adjacent to an activating group) is 1. The minimum atomic E-state index is -0.591. The molecule has 1 aliphatic carbocycles. The van der Waals surface area contributed by atoms with E-state index < -0.39 is 5.82 Å². The summed E-state index contributed by atoms with van der Waals surface area (Å²) in [5.41, 5.74) is 0.899. The van der Waals surface area contributed by atoms with Gasteiger partial charge in [0.05, 0.1) is 16.6 Å². The maximum absolute atomic E-state index is 14.9. The number of amides is 1. The number of nitrogens with zero attached hydrogens (tertiary/aromatic N) is 2. The van der Waals surface area contributed by atoms with Gasteiger partial charge in [-0.15, -0.1) is 0 Å². The van der Waals surface area contributed by atoms with E-state index in [0.717, 1.165) is 38.5 Å². The number of carbonyl (C=O) groups is 3. The van der Waals surface area contributed by atoms with Crippen LogP contribution in [0.15, 0.2) is 18.3 Å². The van der Waals surface area contributed by atoms with Gasteiger partial charge in [0.2, 0.25) is 5.91 Å². The lowest BCUT2D eigenvalue weighted by atomic mass is 9.76. The van der Waals surface area contributed by atoms with Gasteiger partial charge in [0, 0.05) is 48.6 Å². The van der Waals surface area contributed by atoms with Gasteiger partial charge in [-0.3, -0.25) is 14.4 Å². The predicted octanol–water partition coefficient (Wildman–Crippen LogP) is 5.39. The zero-order valence-corrected chi connectivity index (χ0v) is 22.2. The maximum atomic E-state index is 14.9. The van der Waals surface area contributed by atoms with Crippen LogP contribution in [0.3, 0.4) is 0 Å². The van der Waals surface area contributed by atoms with E-state index in [1.807, 2.05) is 16.4 Å². The van der Waals surface area contributed by atoms with Gasteiger partial charge in [-0.05, 0) is 64.6 Å². The van der Waals surface area contributed by atoms with E-state index in [0.29, 0.717) is 24.2 Å². The predicted molar refractivity (Wildman–Crippen MR) is 140 cm³/mol. The van der Waals surface area contributed by atoms with Crippen molar-refractivity contribution in [1.82, 2.24) is 14.8 Å². The highest BCUT2D eigenvalue weighted by Gasteiger charge is 2.39. The Morgan fingerprint density at radius 3 is 2.53 bits per heavy atom. The molecule has 8 heteroatoms. The van der Waals surface area contributed by atoms with E-state index in [4.69, 9.17) is 11.6 Å². The van der Waals surface area contributed by atoms with Crippen molar-refractivity contribution < 1.29 is 18.8 Å². The Hall–Kier alpha value is -2.25.